The molecule has 1 aliphatic rings. The summed E-state index contributed by atoms with van der Waals surface area (Å²) in [5.74, 6) is -0.230. The van der Waals surface area contributed by atoms with Gasteiger partial charge in [-0.1, -0.05) is 46.4 Å². The Morgan fingerprint density at radius 2 is 1.57 bits per heavy atom. The molecule has 1 aromatic heterocycles. The van der Waals surface area contributed by atoms with Gasteiger partial charge in [0, 0.05) is 33.3 Å². The highest BCUT2D eigenvalue weighted by atomic mass is 35.5. The molecule has 1 fully saturated rings. The number of halogens is 4. The van der Waals surface area contributed by atoms with Crippen LogP contribution in [0.2, 0.25) is 20.2 Å². The number of nitrogens with zero attached hydrogens (tertiary/aromatic N) is 4. The molecule has 0 saturated heterocycles. The lowest BCUT2D eigenvalue weighted by atomic mass is 10.1. The number of benzene rings is 2. The van der Waals surface area contributed by atoms with E-state index in [2.05, 4.69) is 30.8 Å². The molecule has 0 aliphatic heterocycles. The van der Waals surface area contributed by atoms with Gasteiger partial charge in [-0.3, -0.25) is 0 Å². The van der Waals surface area contributed by atoms with Crippen LogP contribution in [0.15, 0.2) is 52.7 Å². The Hall–Kier alpha value is -2.24. The fraction of sp³-hybridized carbons (Fsp3) is 0.273. The van der Waals surface area contributed by atoms with Gasteiger partial charge in [-0.15, -0.1) is 5.11 Å². The van der Waals surface area contributed by atoms with Crippen molar-refractivity contribution in [2.45, 2.75) is 24.7 Å². The van der Waals surface area contributed by atoms with Crippen molar-refractivity contribution in [3.63, 3.8) is 0 Å². The van der Waals surface area contributed by atoms with Gasteiger partial charge in [0.15, 0.2) is 16.7 Å². The van der Waals surface area contributed by atoms with Crippen LogP contribution in [0, 0.1) is 5.92 Å². The molecule has 9 nitrogen and oxygen atoms in total. The van der Waals surface area contributed by atoms with Crippen LogP contribution < -0.4 is 10.6 Å². The zero-order chi connectivity index (χ0) is 25.1. The first-order chi connectivity index (χ1) is 16.7. The van der Waals surface area contributed by atoms with Gasteiger partial charge in [0.05, 0.1) is 17.8 Å². The molecule has 13 heteroatoms. The van der Waals surface area contributed by atoms with E-state index in [1.54, 1.807) is 42.5 Å². The predicted molar refractivity (Wildman–Crippen MR) is 137 cm³/mol. The van der Waals surface area contributed by atoms with E-state index in [0.29, 0.717) is 32.9 Å². The molecule has 4 rings (SSSR count). The van der Waals surface area contributed by atoms with Crippen molar-refractivity contribution in [1.82, 2.24) is 9.97 Å². The predicted octanol–water partition coefficient (Wildman–Crippen LogP) is 5.76. The molecule has 1 saturated carbocycles. The van der Waals surface area contributed by atoms with E-state index in [-0.39, 0.29) is 29.2 Å². The minimum Gasteiger partial charge on any atom is -0.396 e. The van der Waals surface area contributed by atoms with Gasteiger partial charge < -0.3 is 26.0 Å². The molecule has 0 amide bonds. The zero-order valence-corrected chi connectivity index (χ0v) is 20.9. The second-order valence-electron chi connectivity index (χ2n) is 7.91. The van der Waals surface area contributed by atoms with Crippen molar-refractivity contribution in [3.8, 4) is 0 Å². The van der Waals surface area contributed by atoms with Gasteiger partial charge >= 0.3 is 0 Å². The Morgan fingerprint density at radius 3 is 2.20 bits per heavy atom. The molecule has 1 heterocycles. The Labute approximate surface area is 220 Å². The van der Waals surface area contributed by atoms with Crippen molar-refractivity contribution in [3.05, 3.63) is 62.7 Å². The van der Waals surface area contributed by atoms with Crippen LogP contribution in [0.4, 0.5) is 28.8 Å². The van der Waals surface area contributed by atoms with Crippen molar-refractivity contribution < 1.29 is 15.3 Å². The van der Waals surface area contributed by atoms with Crippen LogP contribution >= 0.6 is 46.4 Å². The second-order valence-corrected chi connectivity index (χ2v) is 9.57. The zero-order valence-electron chi connectivity index (χ0n) is 17.9. The number of aliphatic hydroxyl groups excluding tert-OH is 3. The molecule has 0 spiro atoms. The average Bonchev–Trinajstić information content (AvgIpc) is 3.07. The molecule has 35 heavy (non-hydrogen) atoms. The Kier molecular flexibility index (Phi) is 8.28. The maximum absolute atomic E-state index is 10.5. The molecule has 4 atom stereocenters. The number of aromatic nitrogens is 2. The monoisotopic (exact) mass is 556 g/mol. The van der Waals surface area contributed by atoms with Gasteiger partial charge in [0.25, 0.3) is 0 Å². The summed E-state index contributed by atoms with van der Waals surface area (Å²) in [4.78, 5) is 8.70. The number of anilines is 3. The summed E-state index contributed by atoms with van der Waals surface area (Å²) in [7, 11) is 0. The maximum atomic E-state index is 10.5. The van der Waals surface area contributed by atoms with E-state index in [4.69, 9.17) is 46.4 Å². The Balaban J connectivity index is 1.69. The van der Waals surface area contributed by atoms with Gasteiger partial charge in [-0.2, -0.15) is 15.1 Å². The number of aliphatic hydroxyl groups is 3. The van der Waals surface area contributed by atoms with Gasteiger partial charge in [-0.05, 0) is 48.9 Å². The molecular formula is C22H20Cl4N6O3. The van der Waals surface area contributed by atoms with Gasteiger partial charge in [0.2, 0.25) is 5.95 Å². The third-order valence-electron chi connectivity index (χ3n) is 5.41. The largest absolute Gasteiger partial charge is 0.396 e. The van der Waals surface area contributed by atoms with Crippen molar-refractivity contribution in [1.29, 1.82) is 0 Å². The quantitative estimate of drug-likeness (QED) is 0.184. The molecule has 0 unspecified atom stereocenters. The summed E-state index contributed by atoms with van der Waals surface area (Å²) >= 11 is 24.5. The lowest BCUT2D eigenvalue weighted by Crippen LogP contribution is -2.35. The third-order valence-corrected chi connectivity index (χ3v) is 6.36. The summed E-state index contributed by atoms with van der Waals surface area (Å²) in [6.45, 7) is -0.271. The van der Waals surface area contributed by atoms with Gasteiger partial charge in [-0.25, -0.2) is 0 Å². The molecular weight excluding hydrogens is 538 g/mol. The van der Waals surface area contributed by atoms with E-state index in [1.165, 1.54) is 0 Å². The van der Waals surface area contributed by atoms with E-state index in [0.717, 1.165) is 0 Å². The van der Waals surface area contributed by atoms with Crippen LogP contribution in [0.5, 0.6) is 0 Å². The van der Waals surface area contributed by atoms with E-state index in [1.807, 2.05) is 0 Å². The number of hydrogen-bond acceptors (Lipinski definition) is 9. The fourth-order valence-electron chi connectivity index (χ4n) is 3.67. The van der Waals surface area contributed by atoms with Crippen LogP contribution in [0.25, 0.3) is 0 Å². The number of azo groups is 1. The minimum absolute atomic E-state index is 0.0254. The molecule has 5 N–H and O–H groups in total. The van der Waals surface area contributed by atoms with Crippen molar-refractivity contribution in [2.24, 2.45) is 16.1 Å². The maximum Gasteiger partial charge on any atom is 0.230 e. The first-order valence-corrected chi connectivity index (χ1v) is 12.0. The molecule has 0 radical (unpaired) electrons. The van der Waals surface area contributed by atoms with Gasteiger partial charge in [0.1, 0.15) is 6.10 Å². The summed E-state index contributed by atoms with van der Waals surface area (Å²) in [6.07, 6.45) is -1.95. The van der Waals surface area contributed by atoms with Crippen LogP contribution in [0.1, 0.15) is 6.42 Å². The molecule has 184 valence electrons. The van der Waals surface area contributed by atoms with Crippen LogP contribution in [0.3, 0.4) is 0 Å². The van der Waals surface area contributed by atoms with Crippen LogP contribution in [-0.4, -0.2) is 50.1 Å². The molecule has 1 aliphatic carbocycles. The number of rotatable bonds is 7. The summed E-state index contributed by atoms with van der Waals surface area (Å²) in [6, 6.07) is 10.9. The van der Waals surface area contributed by atoms with E-state index < -0.39 is 24.2 Å². The SMILES string of the molecule is OC[C@H]1C[C@@H](Nc2nc(Nc3cc(Cl)cc(Cl)c3)nc(Cl)c2N=Nc2ccc(Cl)cc2)[C@@H](O)[C@@H]1O. The molecule has 3 aromatic rings. The Morgan fingerprint density at radius 1 is 0.886 bits per heavy atom. The Bertz CT molecular complexity index is 1210. The first-order valence-electron chi connectivity index (χ1n) is 10.4. The first kappa shape index (κ1) is 25.8. The standard InChI is InChI=1S/C22H20Cl4N6O3/c23-11-1-3-14(4-2-11)31-32-17-20(26)29-22(27-15-7-12(24)6-13(25)8-15)30-21(17)28-16-5-10(9-33)18(34)19(16)35/h1-4,6-8,10,16,18-19,33-35H,5,9H2,(H2,27,28,29,30)/t10-,16-,18-,19-/m1/s1. The number of nitrogens with one attached hydrogen (secondary N) is 2. The van der Waals surface area contributed by atoms with Crippen molar-refractivity contribution in [2.75, 3.05) is 17.2 Å². The smallest absolute Gasteiger partial charge is 0.230 e. The molecule has 2 aromatic carbocycles. The third kappa shape index (κ3) is 6.31. The summed E-state index contributed by atoms with van der Waals surface area (Å²) < 4.78 is 0. The van der Waals surface area contributed by atoms with Crippen LogP contribution in [-0.2, 0) is 0 Å². The molecule has 0 bridgehead atoms. The lowest BCUT2D eigenvalue weighted by Gasteiger charge is -2.20. The highest BCUT2D eigenvalue weighted by Gasteiger charge is 2.41. The minimum atomic E-state index is -1.15. The summed E-state index contributed by atoms with van der Waals surface area (Å²) in [5.41, 5.74) is 1.16. The average molecular weight is 558 g/mol. The normalized spacial score (nSPS) is 22.0. The highest BCUT2D eigenvalue weighted by Crippen LogP contribution is 2.37. The topological polar surface area (TPSA) is 135 Å². The van der Waals surface area contributed by atoms with E-state index >= 15 is 0 Å². The lowest BCUT2D eigenvalue weighted by molar-refractivity contribution is 0.00446. The second kappa shape index (κ2) is 11.2. The number of hydrogen-bond donors (Lipinski definition) is 5. The van der Waals surface area contributed by atoms with E-state index in [9.17, 15) is 15.3 Å². The fourth-order valence-corrected chi connectivity index (χ4v) is 4.53. The van der Waals surface area contributed by atoms with Crippen molar-refractivity contribution >= 4 is 75.2 Å². The summed E-state index contributed by atoms with van der Waals surface area (Å²) in [5, 5.41) is 46.0. The highest BCUT2D eigenvalue weighted by molar-refractivity contribution is 6.35.